The number of ether oxygens (including phenoxy) is 1. The zero-order chi connectivity index (χ0) is 20.6. The normalized spacial score (nSPS) is 11.1. The van der Waals surface area contributed by atoms with E-state index in [1.54, 1.807) is 13.2 Å². The van der Waals surface area contributed by atoms with Crippen molar-refractivity contribution in [1.29, 1.82) is 0 Å². The second-order valence-corrected chi connectivity index (χ2v) is 7.22. The fraction of sp³-hybridized carbons (Fsp3) is 0.158. The molecule has 0 saturated carbocycles. The van der Waals surface area contributed by atoms with Crippen LogP contribution in [0.5, 0.6) is 0 Å². The molecule has 0 fully saturated rings. The molecular formula is C19H13BrF3NO3S. The summed E-state index contributed by atoms with van der Waals surface area (Å²) in [6, 6.07) is 5.91. The van der Waals surface area contributed by atoms with E-state index >= 15 is 0 Å². The lowest BCUT2D eigenvalue weighted by molar-refractivity contribution is 0.0519. The highest BCUT2D eigenvalue weighted by molar-refractivity contribution is 9.10. The minimum absolute atomic E-state index is 0.0212. The van der Waals surface area contributed by atoms with Gasteiger partial charge in [-0.1, -0.05) is 0 Å². The van der Waals surface area contributed by atoms with Gasteiger partial charge >= 0.3 is 5.97 Å². The van der Waals surface area contributed by atoms with E-state index in [2.05, 4.69) is 15.9 Å². The molecule has 0 N–H and O–H groups in total. The standard InChI is InChI=1S/C19H13BrF3NO3S/c1-3-27-19(26)13-17(25)11-8-12(22)15(23)14(20)16(11)24(18(13)28-2)10-6-4-9(21)5-7-10/h4-8H,3H2,1-2H3. The van der Waals surface area contributed by atoms with Crippen LogP contribution in [0.25, 0.3) is 16.6 Å². The van der Waals surface area contributed by atoms with Gasteiger partial charge in [0, 0.05) is 5.69 Å². The molecule has 0 amide bonds. The third kappa shape index (κ3) is 3.33. The Labute approximate surface area is 170 Å². The molecule has 3 aromatic rings. The van der Waals surface area contributed by atoms with Gasteiger partial charge in [0.2, 0.25) is 5.43 Å². The Morgan fingerprint density at radius 1 is 1.21 bits per heavy atom. The number of carbonyl (C=O) groups excluding carboxylic acids is 1. The number of hydrogen-bond acceptors (Lipinski definition) is 4. The number of aromatic nitrogens is 1. The van der Waals surface area contributed by atoms with E-state index in [1.165, 1.54) is 28.8 Å². The first-order valence-corrected chi connectivity index (χ1v) is 10.1. The quantitative estimate of drug-likeness (QED) is 0.302. The lowest BCUT2D eigenvalue weighted by Gasteiger charge is -2.20. The number of hydrogen-bond donors (Lipinski definition) is 0. The first kappa shape index (κ1) is 20.5. The van der Waals surface area contributed by atoms with Crippen molar-refractivity contribution in [3.05, 3.63) is 68.0 Å². The van der Waals surface area contributed by atoms with Crippen molar-refractivity contribution in [3.63, 3.8) is 0 Å². The Hall–Kier alpha value is -2.26. The van der Waals surface area contributed by atoms with Crippen molar-refractivity contribution in [2.75, 3.05) is 12.9 Å². The highest BCUT2D eigenvalue weighted by Crippen LogP contribution is 2.34. The van der Waals surface area contributed by atoms with Crippen LogP contribution in [0.3, 0.4) is 0 Å². The number of halogens is 4. The van der Waals surface area contributed by atoms with E-state index in [-0.39, 0.29) is 32.6 Å². The molecule has 0 aliphatic carbocycles. The lowest BCUT2D eigenvalue weighted by Crippen LogP contribution is -2.24. The molecule has 28 heavy (non-hydrogen) atoms. The minimum atomic E-state index is -1.24. The summed E-state index contributed by atoms with van der Waals surface area (Å²) in [5.41, 5.74) is -0.708. The Morgan fingerprint density at radius 3 is 2.43 bits per heavy atom. The van der Waals surface area contributed by atoms with Gasteiger partial charge in [-0.3, -0.25) is 4.79 Å². The maximum atomic E-state index is 14.3. The van der Waals surface area contributed by atoms with Crippen LogP contribution in [0.2, 0.25) is 0 Å². The average Bonchev–Trinajstić information content (AvgIpc) is 2.67. The molecule has 9 heteroatoms. The minimum Gasteiger partial charge on any atom is -0.462 e. The Bertz CT molecular complexity index is 1150. The predicted molar refractivity (Wildman–Crippen MR) is 105 cm³/mol. The molecule has 0 unspecified atom stereocenters. The van der Waals surface area contributed by atoms with Gasteiger partial charge in [0.1, 0.15) is 11.4 Å². The third-order valence-corrected chi connectivity index (χ3v) is 5.50. The summed E-state index contributed by atoms with van der Waals surface area (Å²) in [5.74, 6) is -3.80. The van der Waals surface area contributed by atoms with Gasteiger partial charge in [0.05, 0.1) is 27.0 Å². The summed E-state index contributed by atoms with van der Waals surface area (Å²) in [7, 11) is 0. The average molecular weight is 472 g/mol. The maximum absolute atomic E-state index is 14.3. The molecule has 0 radical (unpaired) electrons. The van der Waals surface area contributed by atoms with Gasteiger partial charge in [-0.05, 0) is 59.4 Å². The van der Waals surface area contributed by atoms with E-state index < -0.39 is 28.8 Å². The van der Waals surface area contributed by atoms with E-state index in [0.29, 0.717) is 5.69 Å². The smallest absolute Gasteiger partial charge is 0.344 e. The second kappa shape index (κ2) is 8.00. The number of rotatable bonds is 4. The number of thioether (sulfide) groups is 1. The number of esters is 1. The molecule has 0 bridgehead atoms. The second-order valence-electron chi connectivity index (χ2n) is 5.63. The van der Waals surface area contributed by atoms with Gasteiger partial charge < -0.3 is 9.30 Å². The van der Waals surface area contributed by atoms with Crippen molar-refractivity contribution in [1.82, 2.24) is 4.57 Å². The van der Waals surface area contributed by atoms with Crippen LogP contribution in [0.4, 0.5) is 13.2 Å². The topological polar surface area (TPSA) is 48.3 Å². The molecule has 146 valence electrons. The summed E-state index contributed by atoms with van der Waals surface area (Å²) in [5, 5.41) is -0.0507. The van der Waals surface area contributed by atoms with Crippen molar-refractivity contribution < 1.29 is 22.7 Å². The summed E-state index contributed by atoms with van der Waals surface area (Å²) >= 11 is 4.06. The lowest BCUT2D eigenvalue weighted by atomic mass is 10.1. The Morgan fingerprint density at radius 2 is 1.86 bits per heavy atom. The number of fused-ring (bicyclic) bond motifs is 1. The number of pyridine rings is 1. The van der Waals surface area contributed by atoms with Crippen LogP contribution >= 0.6 is 27.7 Å². The van der Waals surface area contributed by atoms with Crippen LogP contribution in [0.1, 0.15) is 17.3 Å². The Balaban J connectivity index is 2.58. The van der Waals surface area contributed by atoms with Gasteiger partial charge in [-0.25, -0.2) is 18.0 Å². The SMILES string of the molecule is CCOC(=O)c1c(SC)n(-c2ccc(F)cc2)c2c(Br)c(F)c(F)cc2c1=O. The van der Waals surface area contributed by atoms with Crippen LogP contribution in [0, 0.1) is 17.5 Å². The van der Waals surface area contributed by atoms with Crippen molar-refractivity contribution in [3.8, 4) is 5.69 Å². The number of carbonyl (C=O) groups is 1. The molecule has 0 spiro atoms. The van der Waals surface area contributed by atoms with Gasteiger partial charge in [0.15, 0.2) is 11.6 Å². The fourth-order valence-electron chi connectivity index (χ4n) is 2.84. The van der Waals surface area contributed by atoms with Crippen LogP contribution in [-0.4, -0.2) is 23.4 Å². The van der Waals surface area contributed by atoms with E-state index in [0.717, 1.165) is 17.8 Å². The van der Waals surface area contributed by atoms with Gasteiger partial charge in [-0.15, -0.1) is 11.8 Å². The highest BCUT2D eigenvalue weighted by atomic mass is 79.9. The molecule has 1 heterocycles. The van der Waals surface area contributed by atoms with E-state index in [4.69, 9.17) is 4.74 Å². The molecule has 0 atom stereocenters. The van der Waals surface area contributed by atoms with Crippen LogP contribution in [-0.2, 0) is 4.74 Å². The molecule has 2 aromatic carbocycles. The summed E-state index contributed by atoms with van der Waals surface area (Å²) in [6.07, 6.45) is 1.62. The van der Waals surface area contributed by atoms with Crippen molar-refractivity contribution >= 4 is 44.6 Å². The van der Waals surface area contributed by atoms with E-state index in [9.17, 15) is 22.8 Å². The van der Waals surface area contributed by atoms with Crippen molar-refractivity contribution in [2.24, 2.45) is 0 Å². The monoisotopic (exact) mass is 471 g/mol. The molecule has 0 aliphatic rings. The zero-order valence-electron chi connectivity index (χ0n) is 14.7. The first-order chi connectivity index (χ1) is 13.3. The van der Waals surface area contributed by atoms with Crippen LogP contribution < -0.4 is 5.43 Å². The first-order valence-electron chi connectivity index (χ1n) is 8.05. The van der Waals surface area contributed by atoms with Gasteiger partial charge in [-0.2, -0.15) is 0 Å². The van der Waals surface area contributed by atoms with Crippen LogP contribution in [0.15, 0.2) is 44.6 Å². The van der Waals surface area contributed by atoms with E-state index in [1.807, 2.05) is 0 Å². The highest BCUT2D eigenvalue weighted by Gasteiger charge is 2.27. The molecule has 3 rings (SSSR count). The number of benzene rings is 2. The molecule has 0 aliphatic heterocycles. The maximum Gasteiger partial charge on any atom is 0.344 e. The fourth-order valence-corrected chi connectivity index (χ4v) is 4.18. The zero-order valence-corrected chi connectivity index (χ0v) is 17.1. The summed E-state index contributed by atoms with van der Waals surface area (Å²) < 4.78 is 47.8. The summed E-state index contributed by atoms with van der Waals surface area (Å²) in [4.78, 5) is 25.5. The molecule has 0 saturated heterocycles. The van der Waals surface area contributed by atoms with Gasteiger partial charge in [0.25, 0.3) is 0 Å². The molecule has 1 aromatic heterocycles. The third-order valence-electron chi connectivity index (χ3n) is 4.01. The summed E-state index contributed by atoms with van der Waals surface area (Å²) in [6.45, 7) is 1.62. The largest absolute Gasteiger partial charge is 0.462 e. The van der Waals surface area contributed by atoms with Crippen molar-refractivity contribution in [2.45, 2.75) is 11.9 Å². The number of nitrogens with zero attached hydrogens (tertiary/aromatic N) is 1. The Kier molecular flexibility index (Phi) is 5.85. The predicted octanol–water partition coefficient (Wildman–Crippen LogP) is 5.07. The molecule has 4 nitrogen and oxygen atoms in total. The molecular weight excluding hydrogens is 459 g/mol.